The molecule has 0 radical (unpaired) electrons. The van der Waals surface area contributed by atoms with Crippen molar-refractivity contribution >= 4 is 29.0 Å². The summed E-state index contributed by atoms with van der Waals surface area (Å²) in [5.41, 5.74) is 1.10. The van der Waals surface area contributed by atoms with Crippen molar-refractivity contribution < 1.29 is 9.53 Å². The lowest BCUT2D eigenvalue weighted by molar-refractivity contribution is 0.0932. The van der Waals surface area contributed by atoms with E-state index in [0.29, 0.717) is 24.0 Å². The number of rotatable bonds is 6. The highest BCUT2D eigenvalue weighted by molar-refractivity contribution is 6.30. The van der Waals surface area contributed by atoms with Crippen molar-refractivity contribution in [1.82, 2.24) is 15.3 Å². The number of carbonyl (C=O) groups excluding carboxylic acids is 1. The summed E-state index contributed by atoms with van der Waals surface area (Å²) in [4.78, 5) is 19.9. The monoisotopic (exact) mass is 306 g/mol. The van der Waals surface area contributed by atoms with Gasteiger partial charge in [0.25, 0.3) is 5.91 Å². The van der Waals surface area contributed by atoms with E-state index in [2.05, 4.69) is 20.6 Å². The smallest absolute Gasteiger partial charge is 0.271 e. The zero-order chi connectivity index (χ0) is 15.1. The van der Waals surface area contributed by atoms with Crippen molar-refractivity contribution in [3.8, 4) is 0 Å². The van der Waals surface area contributed by atoms with Crippen LogP contribution < -0.4 is 10.6 Å². The fourth-order valence-electron chi connectivity index (χ4n) is 1.55. The predicted molar refractivity (Wildman–Crippen MR) is 81.0 cm³/mol. The number of amides is 1. The van der Waals surface area contributed by atoms with E-state index >= 15 is 0 Å². The lowest BCUT2D eigenvalue weighted by Crippen LogP contribution is -2.27. The molecule has 7 heteroatoms. The van der Waals surface area contributed by atoms with Crippen LogP contribution in [-0.2, 0) is 4.74 Å². The molecule has 1 aromatic heterocycles. The Balaban J connectivity index is 1.95. The van der Waals surface area contributed by atoms with Gasteiger partial charge in [0.2, 0.25) is 0 Å². The topological polar surface area (TPSA) is 76.1 Å². The second-order valence-corrected chi connectivity index (χ2v) is 4.60. The number of nitrogens with one attached hydrogen (secondary N) is 2. The Morgan fingerprint density at radius 1 is 1.24 bits per heavy atom. The molecule has 0 fully saturated rings. The first-order valence-electron chi connectivity index (χ1n) is 6.31. The first-order valence-corrected chi connectivity index (χ1v) is 6.68. The molecule has 2 aromatic rings. The van der Waals surface area contributed by atoms with E-state index in [-0.39, 0.29) is 11.6 Å². The Hall–Kier alpha value is -2.18. The van der Waals surface area contributed by atoms with Gasteiger partial charge in [-0.15, -0.1) is 0 Å². The second-order valence-electron chi connectivity index (χ2n) is 4.17. The van der Waals surface area contributed by atoms with Crippen LogP contribution in [0.15, 0.2) is 36.7 Å². The third kappa shape index (κ3) is 4.70. The van der Waals surface area contributed by atoms with Gasteiger partial charge in [0, 0.05) is 24.4 Å². The Kier molecular flexibility index (Phi) is 5.48. The molecule has 0 aliphatic heterocycles. The number of ether oxygens (including phenoxy) is 1. The lowest BCUT2D eigenvalue weighted by Gasteiger charge is -2.06. The number of nitrogens with zero attached hydrogens (tertiary/aromatic N) is 2. The molecule has 0 aliphatic rings. The summed E-state index contributed by atoms with van der Waals surface area (Å²) in [5.74, 6) is 0.267. The van der Waals surface area contributed by atoms with Crippen LogP contribution in [0.1, 0.15) is 10.5 Å². The van der Waals surface area contributed by atoms with Crippen molar-refractivity contribution in [3.05, 3.63) is 47.4 Å². The van der Waals surface area contributed by atoms with Gasteiger partial charge in [-0.25, -0.2) is 9.97 Å². The number of methoxy groups -OCH3 is 1. The van der Waals surface area contributed by atoms with Gasteiger partial charge in [0.15, 0.2) is 0 Å². The average Bonchev–Trinajstić information content (AvgIpc) is 2.50. The van der Waals surface area contributed by atoms with Crippen LogP contribution in [0.3, 0.4) is 0 Å². The summed E-state index contributed by atoms with van der Waals surface area (Å²) in [6, 6.07) is 7.20. The first-order chi connectivity index (χ1) is 10.2. The normalized spacial score (nSPS) is 10.2. The van der Waals surface area contributed by atoms with Gasteiger partial charge in [-0.2, -0.15) is 0 Å². The van der Waals surface area contributed by atoms with Crippen molar-refractivity contribution in [3.63, 3.8) is 0 Å². The average molecular weight is 307 g/mol. The van der Waals surface area contributed by atoms with Crippen molar-refractivity contribution in [1.29, 1.82) is 0 Å². The van der Waals surface area contributed by atoms with E-state index in [1.165, 1.54) is 12.4 Å². The highest BCUT2D eigenvalue weighted by Gasteiger charge is 2.07. The molecule has 0 aliphatic carbocycles. The van der Waals surface area contributed by atoms with Crippen LogP contribution in [0.5, 0.6) is 0 Å². The number of anilines is 2. The number of hydrogen-bond acceptors (Lipinski definition) is 5. The molecule has 1 amide bonds. The largest absolute Gasteiger partial charge is 0.383 e. The van der Waals surface area contributed by atoms with E-state index in [9.17, 15) is 4.79 Å². The third-order valence-corrected chi connectivity index (χ3v) is 2.84. The molecule has 1 aromatic carbocycles. The maximum atomic E-state index is 11.7. The molecule has 21 heavy (non-hydrogen) atoms. The molecule has 0 spiro atoms. The van der Waals surface area contributed by atoms with Crippen LogP contribution in [0.2, 0.25) is 5.02 Å². The lowest BCUT2D eigenvalue weighted by atomic mass is 10.3. The maximum Gasteiger partial charge on any atom is 0.271 e. The van der Waals surface area contributed by atoms with Crippen LogP contribution in [-0.4, -0.2) is 36.1 Å². The van der Waals surface area contributed by atoms with Gasteiger partial charge < -0.3 is 15.4 Å². The molecule has 2 rings (SSSR count). The Labute approximate surface area is 127 Å². The predicted octanol–water partition coefficient (Wildman–Crippen LogP) is 2.25. The number of benzene rings is 1. The minimum Gasteiger partial charge on any atom is -0.383 e. The molecule has 0 saturated heterocycles. The van der Waals surface area contributed by atoms with Crippen molar-refractivity contribution in [2.75, 3.05) is 25.6 Å². The van der Waals surface area contributed by atoms with Crippen LogP contribution in [0.25, 0.3) is 0 Å². The van der Waals surface area contributed by atoms with Gasteiger partial charge in [-0.3, -0.25) is 4.79 Å². The zero-order valence-corrected chi connectivity index (χ0v) is 12.2. The summed E-state index contributed by atoms with van der Waals surface area (Å²) in [6.45, 7) is 0.886. The minimum absolute atomic E-state index is 0.257. The maximum absolute atomic E-state index is 11.7. The molecule has 0 bridgehead atoms. The number of carbonyl (C=O) groups is 1. The Morgan fingerprint density at radius 2 is 2.00 bits per heavy atom. The Bertz CT molecular complexity index is 587. The number of halogens is 1. The second kappa shape index (κ2) is 7.56. The minimum atomic E-state index is -0.280. The van der Waals surface area contributed by atoms with E-state index < -0.39 is 0 Å². The molecule has 1 heterocycles. The summed E-state index contributed by atoms with van der Waals surface area (Å²) < 4.78 is 4.85. The molecule has 0 saturated carbocycles. The van der Waals surface area contributed by atoms with Gasteiger partial charge in [-0.1, -0.05) is 11.6 Å². The van der Waals surface area contributed by atoms with E-state index in [4.69, 9.17) is 16.3 Å². The molecular weight excluding hydrogens is 292 g/mol. The van der Waals surface area contributed by atoms with Gasteiger partial charge >= 0.3 is 0 Å². The van der Waals surface area contributed by atoms with Gasteiger partial charge in [0.1, 0.15) is 11.5 Å². The molecule has 6 nitrogen and oxygen atoms in total. The quantitative estimate of drug-likeness (QED) is 0.801. The SMILES string of the molecule is COCCNC(=O)c1cnc(Nc2ccc(Cl)cc2)cn1. The summed E-state index contributed by atoms with van der Waals surface area (Å²) in [7, 11) is 1.57. The molecule has 0 atom stereocenters. The summed E-state index contributed by atoms with van der Waals surface area (Å²) in [6.07, 6.45) is 2.92. The van der Waals surface area contributed by atoms with Gasteiger partial charge in [-0.05, 0) is 24.3 Å². The zero-order valence-electron chi connectivity index (χ0n) is 11.5. The standard InChI is InChI=1S/C14H15ClN4O2/c1-21-7-6-16-14(20)12-8-18-13(9-17-12)19-11-4-2-10(15)3-5-11/h2-5,8-9H,6-7H2,1H3,(H,16,20)(H,18,19). The highest BCUT2D eigenvalue weighted by Crippen LogP contribution is 2.16. The molecule has 0 unspecified atom stereocenters. The third-order valence-electron chi connectivity index (χ3n) is 2.59. The van der Waals surface area contributed by atoms with Crippen molar-refractivity contribution in [2.24, 2.45) is 0 Å². The molecular formula is C14H15ClN4O2. The van der Waals surface area contributed by atoms with Gasteiger partial charge in [0.05, 0.1) is 19.0 Å². The Morgan fingerprint density at radius 3 is 2.62 bits per heavy atom. The summed E-state index contributed by atoms with van der Waals surface area (Å²) in [5, 5.41) is 6.40. The van der Waals surface area contributed by atoms with Crippen LogP contribution in [0.4, 0.5) is 11.5 Å². The first kappa shape index (κ1) is 15.2. The van der Waals surface area contributed by atoms with Crippen LogP contribution in [0, 0.1) is 0 Å². The van der Waals surface area contributed by atoms with E-state index in [1.54, 1.807) is 19.2 Å². The number of aromatic nitrogens is 2. The van der Waals surface area contributed by atoms with E-state index in [0.717, 1.165) is 5.69 Å². The fourth-order valence-corrected chi connectivity index (χ4v) is 1.67. The summed E-state index contributed by atoms with van der Waals surface area (Å²) >= 11 is 5.81. The fraction of sp³-hybridized carbons (Fsp3) is 0.214. The van der Waals surface area contributed by atoms with Crippen LogP contribution >= 0.6 is 11.6 Å². The molecule has 110 valence electrons. The molecule has 2 N–H and O–H groups in total. The van der Waals surface area contributed by atoms with Crippen molar-refractivity contribution in [2.45, 2.75) is 0 Å². The van der Waals surface area contributed by atoms with E-state index in [1.807, 2.05) is 12.1 Å². The highest BCUT2D eigenvalue weighted by atomic mass is 35.5. The number of hydrogen-bond donors (Lipinski definition) is 2.